The highest BCUT2D eigenvalue weighted by Crippen LogP contribution is 2.21. The monoisotopic (exact) mass is 374 g/mol. The van der Waals surface area contributed by atoms with Crippen LogP contribution in [0.25, 0.3) is 0 Å². The molecule has 4 N–H and O–H groups in total. The van der Waals surface area contributed by atoms with Crippen molar-refractivity contribution in [2.45, 2.75) is 32.7 Å². The zero-order chi connectivity index (χ0) is 19.8. The van der Waals surface area contributed by atoms with Crippen LogP contribution in [0.1, 0.15) is 25.0 Å². The molecule has 0 fully saturated rings. The van der Waals surface area contributed by atoms with Crippen molar-refractivity contribution >= 4 is 11.4 Å². The van der Waals surface area contributed by atoms with Crippen molar-refractivity contribution in [1.82, 2.24) is 0 Å². The van der Waals surface area contributed by atoms with Crippen LogP contribution in [0.15, 0.2) is 48.5 Å². The van der Waals surface area contributed by atoms with Gasteiger partial charge in [0.2, 0.25) is 0 Å². The first kappa shape index (κ1) is 21.2. The van der Waals surface area contributed by atoms with Crippen LogP contribution in [0.2, 0.25) is 0 Å². The molecule has 27 heavy (non-hydrogen) atoms. The highest BCUT2D eigenvalue weighted by Gasteiger charge is 2.12. The molecule has 2 rings (SSSR count). The van der Waals surface area contributed by atoms with Crippen molar-refractivity contribution in [3.63, 3.8) is 0 Å². The van der Waals surface area contributed by atoms with Crippen LogP contribution in [0.3, 0.4) is 0 Å². The van der Waals surface area contributed by atoms with E-state index in [-0.39, 0.29) is 13.2 Å². The van der Waals surface area contributed by atoms with Crippen LogP contribution in [-0.4, -0.2) is 59.2 Å². The standard InChI is InChI=1S/C21H30N2O4/c1-16(26)22(11-13-24)20-7-3-18(4-8-20)15-19-5-9-21(10-6-19)23(12-14-25)17(2)27/h3-10,16-17,24-27H,11-15H2,1-2H3. The van der Waals surface area contributed by atoms with Gasteiger partial charge in [-0.05, 0) is 55.7 Å². The second kappa shape index (κ2) is 10.3. The molecule has 2 unspecified atom stereocenters. The van der Waals surface area contributed by atoms with E-state index in [1.165, 1.54) is 0 Å². The van der Waals surface area contributed by atoms with Crippen molar-refractivity contribution in [1.29, 1.82) is 0 Å². The Morgan fingerprint density at radius 2 is 1.00 bits per heavy atom. The molecule has 0 spiro atoms. The lowest BCUT2D eigenvalue weighted by atomic mass is 10.0. The molecule has 6 nitrogen and oxygen atoms in total. The molecule has 2 atom stereocenters. The predicted octanol–water partition coefficient (Wildman–Crippen LogP) is 1.55. The minimum absolute atomic E-state index is 0.0151. The summed E-state index contributed by atoms with van der Waals surface area (Å²) in [6.45, 7) is 4.09. The number of rotatable bonds is 10. The molecular weight excluding hydrogens is 344 g/mol. The Hall–Kier alpha value is -2.12. The maximum absolute atomic E-state index is 9.83. The summed E-state index contributed by atoms with van der Waals surface area (Å²) in [5.74, 6) is 0. The van der Waals surface area contributed by atoms with Crippen LogP contribution in [0.5, 0.6) is 0 Å². The van der Waals surface area contributed by atoms with Crippen molar-refractivity contribution in [3.05, 3.63) is 59.7 Å². The van der Waals surface area contributed by atoms with Gasteiger partial charge in [-0.3, -0.25) is 0 Å². The minimum atomic E-state index is -0.661. The number of nitrogens with zero attached hydrogens (tertiary/aromatic N) is 2. The largest absolute Gasteiger partial charge is 0.395 e. The molecule has 0 amide bonds. The molecule has 0 aliphatic heterocycles. The third kappa shape index (κ3) is 5.94. The van der Waals surface area contributed by atoms with E-state index in [1.807, 2.05) is 48.5 Å². The minimum Gasteiger partial charge on any atom is -0.395 e. The van der Waals surface area contributed by atoms with Crippen LogP contribution in [-0.2, 0) is 6.42 Å². The van der Waals surface area contributed by atoms with E-state index in [4.69, 9.17) is 10.2 Å². The molecule has 2 aromatic rings. The zero-order valence-electron chi connectivity index (χ0n) is 16.0. The Balaban J connectivity index is 2.06. The van der Waals surface area contributed by atoms with E-state index in [2.05, 4.69) is 0 Å². The predicted molar refractivity (Wildman–Crippen MR) is 108 cm³/mol. The fourth-order valence-electron chi connectivity index (χ4n) is 3.13. The van der Waals surface area contributed by atoms with E-state index >= 15 is 0 Å². The van der Waals surface area contributed by atoms with E-state index in [0.29, 0.717) is 13.1 Å². The molecule has 0 saturated carbocycles. The average Bonchev–Trinajstić information content (AvgIpc) is 2.65. The third-order valence-electron chi connectivity index (χ3n) is 4.53. The van der Waals surface area contributed by atoms with Crippen molar-refractivity contribution < 1.29 is 20.4 Å². The van der Waals surface area contributed by atoms with Gasteiger partial charge < -0.3 is 30.2 Å². The second-order valence-electron chi connectivity index (χ2n) is 6.61. The topological polar surface area (TPSA) is 87.4 Å². The number of hydrogen-bond donors (Lipinski definition) is 4. The molecular formula is C21H30N2O4. The van der Waals surface area contributed by atoms with Gasteiger partial charge in [0.1, 0.15) is 12.5 Å². The van der Waals surface area contributed by atoms with Crippen LogP contribution in [0, 0.1) is 0 Å². The summed E-state index contributed by atoms with van der Waals surface area (Å²) in [5.41, 5.74) is 4.03. The summed E-state index contributed by atoms with van der Waals surface area (Å²) in [5, 5.41) is 37.9. The van der Waals surface area contributed by atoms with Crippen molar-refractivity contribution in [2.24, 2.45) is 0 Å². The zero-order valence-corrected chi connectivity index (χ0v) is 16.0. The highest BCUT2D eigenvalue weighted by atomic mass is 16.3. The number of anilines is 2. The smallest absolute Gasteiger partial charge is 0.124 e. The van der Waals surface area contributed by atoms with Gasteiger partial charge in [-0.2, -0.15) is 0 Å². The molecule has 148 valence electrons. The lowest BCUT2D eigenvalue weighted by Gasteiger charge is -2.27. The van der Waals surface area contributed by atoms with Crippen LogP contribution < -0.4 is 9.80 Å². The molecule has 0 aliphatic rings. The molecule has 6 heteroatoms. The van der Waals surface area contributed by atoms with E-state index in [9.17, 15) is 10.2 Å². The number of aliphatic hydroxyl groups is 4. The Bertz CT molecular complexity index is 612. The first-order valence-electron chi connectivity index (χ1n) is 9.25. The van der Waals surface area contributed by atoms with Crippen LogP contribution in [0.4, 0.5) is 11.4 Å². The third-order valence-corrected chi connectivity index (χ3v) is 4.53. The maximum Gasteiger partial charge on any atom is 0.124 e. The molecule has 0 heterocycles. The van der Waals surface area contributed by atoms with Crippen molar-refractivity contribution in [2.75, 3.05) is 36.1 Å². The summed E-state index contributed by atoms with van der Waals surface area (Å²) in [4.78, 5) is 3.48. The molecule has 2 aromatic carbocycles. The fraction of sp³-hybridized carbons (Fsp3) is 0.429. The van der Waals surface area contributed by atoms with E-state index in [0.717, 1.165) is 28.9 Å². The van der Waals surface area contributed by atoms with E-state index < -0.39 is 12.5 Å². The Labute approximate surface area is 160 Å². The molecule has 0 aliphatic carbocycles. The number of benzene rings is 2. The quantitative estimate of drug-likeness (QED) is 0.472. The summed E-state index contributed by atoms with van der Waals surface area (Å²) < 4.78 is 0. The number of hydrogen-bond acceptors (Lipinski definition) is 6. The fourth-order valence-corrected chi connectivity index (χ4v) is 3.13. The summed E-state index contributed by atoms with van der Waals surface area (Å²) in [6, 6.07) is 15.9. The van der Waals surface area contributed by atoms with Crippen molar-refractivity contribution in [3.8, 4) is 0 Å². The second-order valence-corrected chi connectivity index (χ2v) is 6.61. The summed E-state index contributed by atoms with van der Waals surface area (Å²) >= 11 is 0. The van der Waals surface area contributed by atoms with Gasteiger partial charge in [0, 0.05) is 24.5 Å². The van der Waals surface area contributed by atoms with Gasteiger partial charge in [0.25, 0.3) is 0 Å². The first-order chi connectivity index (χ1) is 13.0. The lowest BCUT2D eigenvalue weighted by molar-refractivity contribution is 0.177. The van der Waals surface area contributed by atoms with Gasteiger partial charge >= 0.3 is 0 Å². The number of aliphatic hydroxyl groups excluding tert-OH is 4. The Morgan fingerprint density at radius 1 is 0.667 bits per heavy atom. The Kier molecular flexibility index (Phi) is 8.06. The highest BCUT2D eigenvalue weighted by molar-refractivity contribution is 5.50. The van der Waals surface area contributed by atoms with E-state index in [1.54, 1.807) is 23.6 Å². The maximum atomic E-state index is 9.83. The SMILES string of the molecule is CC(O)N(CCO)c1ccc(Cc2ccc(N(CCO)C(C)O)cc2)cc1. The van der Waals surface area contributed by atoms with Gasteiger partial charge in [0.05, 0.1) is 13.2 Å². The normalized spacial score (nSPS) is 13.3. The lowest BCUT2D eigenvalue weighted by Crippen LogP contribution is -2.35. The molecule has 0 aromatic heterocycles. The van der Waals surface area contributed by atoms with Gasteiger partial charge in [-0.25, -0.2) is 0 Å². The summed E-state index contributed by atoms with van der Waals surface area (Å²) in [7, 11) is 0. The molecule has 0 saturated heterocycles. The van der Waals surface area contributed by atoms with Crippen LogP contribution >= 0.6 is 0 Å². The van der Waals surface area contributed by atoms with Gasteiger partial charge in [-0.1, -0.05) is 24.3 Å². The average molecular weight is 374 g/mol. The summed E-state index contributed by atoms with van der Waals surface area (Å²) in [6.07, 6.45) is -0.554. The van der Waals surface area contributed by atoms with Gasteiger partial charge in [0.15, 0.2) is 0 Å². The van der Waals surface area contributed by atoms with Gasteiger partial charge in [-0.15, -0.1) is 0 Å². The molecule has 0 bridgehead atoms. The molecule has 0 radical (unpaired) electrons. The Morgan fingerprint density at radius 3 is 1.26 bits per heavy atom. The first-order valence-corrected chi connectivity index (χ1v) is 9.25.